The third-order valence-corrected chi connectivity index (χ3v) is 6.17. The van der Waals surface area contributed by atoms with Crippen LogP contribution in [0, 0.1) is 0 Å². The fourth-order valence-electron chi connectivity index (χ4n) is 3.55. The first-order valence-corrected chi connectivity index (χ1v) is 11.4. The Bertz CT molecular complexity index is 1520. The molecule has 3 aromatic heterocycles. The van der Waals surface area contributed by atoms with E-state index in [1.807, 2.05) is 67.8 Å². The van der Waals surface area contributed by atoms with E-state index in [4.69, 9.17) is 0 Å². The van der Waals surface area contributed by atoms with Crippen LogP contribution in [-0.4, -0.2) is 25.7 Å². The van der Waals surface area contributed by atoms with Gasteiger partial charge in [0.15, 0.2) is 0 Å². The lowest BCUT2D eigenvalue weighted by Crippen LogP contribution is -2.19. The van der Waals surface area contributed by atoms with Crippen LogP contribution in [0.25, 0.3) is 27.3 Å². The van der Waals surface area contributed by atoms with Crippen LogP contribution in [0.3, 0.4) is 0 Å². The summed E-state index contributed by atoms with van der Waals surface area (Å²) in [7, 11) is 0. The Hall–Kier alpha value is -4.04. The van der Waals surface area contributed by atoms with Gasteiger partial charge >= 0.3 is 0 Å². The van der Waals surface area contributed by atoms with Crippen molar-refractivity contribution >= 4 is 33.8 Å². The van der Waals surface area contributed by atoms with Crippen LogP contribution in [0.4, 0.5) is 5.82 Å². The lowest BCUT2D eigenvalue weighted by atomic mass is 10.1. The number of nitrogens with one attached hydrogen (secondary N) is 2. The number of amides is 1. The minimum absolute atomic E-state index is 0.0639. The number of nitrogens with zero attached hydrogens (tertiary/aromatic N) is 3. The number of thiophene rings is 1. The van der Waals surface area contributed by atoms with Crippen molar-refractivity contribution in [1.29, 1.82) is 0 Å². The predicted octanol–water partition coefficient (Wildman–Crippen LogP) is 5.21. The SMILES string of the molecule is CC(C)c1cc(=O)[nH]c(-n2nc(-c3cccs3)cc2NC(=O)c2ccc3ccccc3c2)n1. The molecule has 33 heavy (non-hydrogen) atoms. The van der Waals surface area contributed by atoms with E-state index in [9.17, 15) is 9.59 Å². The zero-order valence-electron chi connectivity index (χ0n) is 18.1. The molecule has 0 aliphatic rings. The van der Waals surface area contributed by atoms with Crippen molar-refractivity contribution < 1.29 is 4.79 Å². The van der Waals surface area contributed by atoms with E-state index in [2.05, 4.69) is 20.4 Å². The monoisotopic (exact) mass is 455 g/mol. The summed E-state index contributed by atoms with van der Waals surface area (Å²) in [5, 5.41) is 11.6. The van der Waals surface area contributed by atoms with Crippen molar-refractivity contribution in [3.05, 3.63) is 93.7 Å². The number of rotatable bonds is 5. The number of benzene rings is 2. The van der Waals surface area contributed by atoms with Crippen LogP contribution in [0.1, 0.15) is 35.8 Å². The van der Waals surface area contributed by atoms with E-state index in [1.165, 1.54) is 10.7 Å². The molecule has 0 saturated heterocycles. The Morgan fingerprint density at radius 3 is 2.61 bits per heavy atom. The highest BCUT2D eigenvalue weighted by Crippen LogP contribution is 2.28. The maximum Gasteiger partial charge on any atom is 0.256 e. The molecule has 5 aromatic rings. The van der Waals surface area contributed by atoms with Crippen LogP contribution in [-0.2, 0) is 0 Å². The van der Waals surface area contributed by atoms with E-state index in [0.29, 0.717) is 22.8 Å². The average Bonchev–Trinajstić information content (AvgIpc) is 3.48. The first-order chi connectivity index (χ1) is 16.0. The number of anilines is 1. The van der Waals surface area contributed by atoms with Gasteiger partial charge in [0.1, 0.15) is 11.5 Å². The second-order valence-electron chi connectivity index (χ2n) is 7.97. The van der Waals surface area contributed by atoms with Crippen LogP contribution < -0.4 is 10.9 Å². The molecule has 0 radical (unpaired) electrons. The maximum atomic E-state index is 13.1. The molecule has 0 bridgehead atoms. The number of carbonyl (C=O) groups excluding carboxylic acids is 1. The summed E-state index contributed by atoms with van der Waals surface area (Å²) in [6.45, 7) is 3.93. The minimum atomic E-state index is -0.276. The van der Waals surface area contributed by atoms with Crippen molar-refractivity contribution in [1.82, 2.24) is 19.7 Å². The molecule has 8 heteroatoms. The fraction of sp³-hybridized carbons (Fsp3) is 0.120. The van der Waals surface area contributed by atoms with Crippen molar-refractivity contribution in [3.8, 4) is 16.5 Å². The van der Waals surface area contributed by atoms with E-state index >= 15 is 0 Å². The largest absolute Gasteiger partial charge is 0.306 e. The highest BCUT2D eigenvalue weighted by molar-refractivity contribution is 7.13. The average molecular weight is 456 g/mol. The molecule has 7 nitrogen and oxygen atoms in total. The standard InChI is InChI=1S/C25H21N5O2S/c1-15(2)19-14-23(31)28-25(26-19)30-22(13-20(29-30)21-8-5-11-33-21)27-24(32)18-10-9-16-6-3-4-7-17(16)12-18/h3-15H,1-2H3,(H,27,32)(H,26,28,31). The molecule has 3 heterocycles. The molecule has 0 saturated carbocycles. The summed E-state index contributed by atoms with van der Waals surface area (Å²) in [5.74, 6) is 0.458. The van der Waals surface area contributed by atoms with Gasteiger partial charge in [0, 0.05) is 17.7 Å². The first-order valence-electron chi connectivity index (χ1n) is 10.5. The maximum absolute atomic E-state index is 13.1. The molecule has 0 aliphatic heterocycles. The van der Waals surface area contributed by atoms with Gasteiger partial charge < -0.3 is 5.32 Å². The number of hydrogen-bond donors (Lipinski definition) is 2. The van der Waals surface area contributed by atoms with E-state index in [0.717, 1.165) is 15.6 Å². The van der Waals surface area contributed by atoms with Crippen molar-refractivity contribution in [2.75, 3.05) is 5.32 Å². The molecule has 2 N–H and O–H groups in total. The van der Waals surface area contributed by atoms with Gasteiger partial charge in [0.25, 0.3) is 11.5 Å². The van der Waals surface area contributed by atoms with Gasteiger partial charge in [-0.05, 0) is 40.3 Å². The molecular weight excluding hydrogens is 434 g/mol. The quantitative estimate of drug-likeness (QED) is 0.380. The number of hydrogen-bond acceptors (Lipinski definition) is 5. The van der Waals surface area contributed by atoms with Gasteiger partial charge in [0.2, 0.25) is 5.95 Å². The Morgan fingerprint density at radius 2 is 1.85 bits per heavy atom. The smallest absolute Gasteiger partial charge is 0.256 e. The third-order valence-electron chi connectivity index (χ3n) is 5.28. The number of carbonyl (C=O) groups is 1. The first kappa shape index (κ1) is 20.8. The Balaban J connectivity index is 1.57. The molecule has 2 aromatic carbocycles. The third kappa shape index (κ3) is 4.20. The molecule has 5 rings (SSSR count). The van der Waals surface area contributed by atoms with Gasteiger partial charge in [-0.15, -0.1) is 11.3 Å². The Labute approximate surface area is 193 Å². The second-order valence-corrected chi connectivity index (χ2v) is 8.92. The molecule has 164 valence electrons. The Kier molecular flexibility index (Phi) is 5.35. The second kappa shape index (κ2) is 8.48. The molecule has 1 amide bonds. The molecule has 0 atom stereocenters. The van der Waals surface area contributed by atoms with Gasteiger partial charge in [-0.3, -0.25) is 14.6 Å². The highest BCUT2D eigenvalue weighted by atomic mass is 32.1. The van der Waals surface area contributed by atoms with Crippen molar-refractivity contribution in [3.63, 3.8) is 0 Å². The number of H-pyrrole nitrogens is 1. The summed E-state index contributed by atoms with van der Waals surface area (Å²) in [4.78, 5) is 33.7. The van der Waals surface area contributed by atoms with Crippen LogP contribution >= 0.6 is 11.3 Å². The normalized spacial score (nSPS) is 11.2. The van der Waals surface area contributed by atoms with Crippen molar-refractivity contribution in [2.45, 2.75) is 19.8 Å². The molecule has 0 spiro atoms. The lowest BCUT2D eigenvalue weighted by Gasteiger charge is -2.10. The molecule has 0 unspecified atom stereocenters. The fourth-order valence-corrected chi connectivity index (χ4v) is 4.24. The summed E-state index contributed by atoms with van der Waals surface area (Å²) in [6, 6.07) is 20.6. The Morgan fingerprint density at radius 1 is 1.03 bits per heavy atom. The van der Waals surface area contributed by atoms with E-state index < -0.39 is 0 Å². The summed E-state index contributed by atoms with van der Waals surface area (Å²) >= 11 is 1.54. The van der Waals surface area contributed by atoms with Crippen LogP contribution in [0.2, 0.25) is 0 Å². The van der Waals surface area contributed by atoms with E-state index in [-0.39, 0.29) is 23.3 Å². The van der Waals surface area contributed by atoms with Gasteiger partial charge in [-0.1, -0.05) is 50.2 Å². The zero-order chi connectivity index (χ0) is 22.9. The van der Waals surface area contributed by atoms with E-state index in [1.54, 1.807) is 23.5 Å². The van der Waals surface area contributed by atoms with Gasteiger partial charge in [-0.25, -0.2) is 4.98 Å². The van der Waals surface area contributed by atoms with Crippen LogP contribution in [0.15, 0.2) is 76.9 Å². The van der Waals surface area contributed by atoms with Crippen LogP contribution in [0.5, 0.6) is 0 Å². The van der Waals surface area contributed by atoms with Gasteiger partial charge in [0.05, 0.1) is 10.6 Å². The summed E-state index contributed by atoms with van der Waals surface area (Å²) in [5.41, 5.74) is 1.57. The van der Waals surface area contributed by atoms with Gasteiger partial charge in [-0.2, -0.15) is 9.78 Å². The predicted molar refractivity (Wildman–Crippen MR) is 131 cm³/mol. The lowest BCUT2D eigenvalue weighted by molar-refractivity contribution is 0.102. The number of aromatic amines is 1. The zero-order valence-corrected chi connectivity index (χ0v) is 18.9. The highest BCUT2D eigenvalue weighted by Gasteiger charge is 2.18. The number of aromatic nitrogens is 4. The minimum Gasteiger partial charge on any atom is -0.306 e. The number of fused-ring (bicyclic) bond motifs is 1. The van der Waals surface area contributed by atoms with Crippen molar-refractivity contribution in [2.24, 2.45) is 0 Å². The molecular formula is C25H21N5O2S. The molecule has 0 aliphatic carbocycles. The molecule has 0 fully saturated rings. The summed E-state index contributed by atoms with van der Waals surface area (Å²) in [6.07, 6.45) is 0. The summed E-state index contributed by atoms with van der Waals surface area (Å²) < 4.78 is 1.47. The topological polar surface area (TPSA) is 92.7 Å².